The molecule has 1 saturated heterocycles. The molecule has 6 nitrogen and oxygen atoms in total. The molecular formula is C28H35N3O3. The molecule has 1 aliphatic heterocycles. The van der Waals surface area contributed by atoms with Gasteiger partial charge in [0.25, 0.3) is 5.91 Å². The monoisotopic (exact) mass is 461 g/mol. The van der Waals surface area contributed by atoms with Crippen molar-refractivity contribution >= 4 is 23.5 Å². The van der Waals surface area contributed by atoms with Crippen molar-refractivity contribution in [3.63, 3.8) is 0 Å². The van der Waals surface area contributed by atoms with E-state index in [0.717, 1.165) is 35.3 Å². The molecule has 2 fully saturated rings. The summed E-state index contributed by atoms with van der Waals surface area (Å²) in [6.07, 6.45) is 4.83. The second-order valence-corrected chi connectivity index (χ2v) is 10.4. The summed E-state index contributed by atoms with van der Waals surface area (Å²) in [4.78, 5) is 39.9. The summed E-state index contributed by atoms with van der Waals surface area (Å²) in [6.45, 7) is 6.47. The predicted molar refractivity (Wildman–Crippen MR) is 133 cm³/mol. The Labute approximate surface area is 202 Å². The van der Waals surface area contributed by atoms with E-state index in [1.54, 1.807) is 0 Å². The van der Waals surface area contributed by atoms with Gasteiger partial charge in [-0.3, -0.25) is 14.5 Å². The van der Waals surface area contributed by atoms with Crippen LogP contribution in [-0.4, -0.2) is 34.8 Å². The Morgan fingerprint density at radius 1 is 1.06 bits per heavy atom. The second-order valence-electron chi connectivity index (χ2n) is 10.4. The van der Waals surface area contributed by atoms with Crippen LogP contribution in [0.5, 0.6) is 0 Å². The number of nitrogens with zero attached hydrogens (tertiary/aromatic N) is 1. The quantitative estimate of drug-likeness (QED) is 0.561. The maximum absolute atomic E-state index is 13.3. The number of urea groups is 1. The lowest BCUT2D eigenvalue weighted by Crippen LogP contribution is -2.51. The molecule has 4 amide bonds. The zero-order valence-electron chi connectivity index (χ0n) is 20.4. The summed E-state index contributed by atoms with van der Waals surface area (Å²) in [5.74, 6) is -0.105. The number of amides is 4. The largest absolute Gasteiger partial charge is 0.325 e. The third-order valence-corrected chi connectivity index (χ3v) is 7.93. The summed E-state index contributed by atoms with van der Waals surface area (Å²) in [5.41, 5.74) is 2.18. The fourth-order valence-electron chi connectivity index (χ4n) is 5.28. The van der Waals surface area contributed by atoms with Crippen LogP contribution in [0, 0.1) is 11.3 Å². The molecule has 2 N–H and O–H groups in total. The molecule has 4 rings (SSSR count). The highest BCUT2D eigenvalue weighted by molar-refractivity contribution is 6.10. The van der Waals surface area contributed by atoms with E-state index in [0.29, 0.717) is 30.9 Å². The smallest absolute Gasteiger partial charge is 0.324 e. The average molecular weight is 462 g/mol. The molecule has 2 aromatic carbocycles. The van der Waals surface area contributed by atoms with Crippen LogP contribution >= 0.6 is 0 Å². The minimum atomic E-state index is -0.858. The number of anilines is 1. The summed E-state index contributed by atoms with van der Waals surface area (Å²) >= 11 is 0. The van der Waals surface area contributed by atoms with Crippen molar-refractivity contribution in [2.24, 2.45) is 11.3 Å². The molecule has 2 aliphatic rings. The number of para-hydroxylation sites is 1. The molecule has 2 aromatic rings. The highest BCUT2D eigenvalue weighted by Gasteiger charge is 2.53. The predicted octanol–water partition coefficient (Wildman–Crippen LogP) is 5.13. The van der Waals surface area contributed by atoms with Crippen molar-refractivity contribution in [3.8, 4) is 0 Å². The summed E-state index contributed by atoms with van der Waals surface area (Å²) in [7, 11) is 0. The van der Waals surface area contributed by atoms with E-state index in [4.69, 9.17) is 0 Å². The Bertz CT molecular complexity index is 1060. The molecule has 0 bridgehead atoms. The Balaban J connectivity index is 1.40. The van der Waals surface area contributed by atoms with Crippen LogP contribution in [0.25, 0.3) is 0 Å². The molecule has 1 heterocycles. The number of imide groups is 1. The fourth-order valence-corrected chi connectivity index (χ4v) is 5.28. The van der Waals surface area contributed by atoms with Gasteiger partial charge in [-0.15, -0.1) is 0 Å². The summed E-state index contributed by atoms with van der Waals surface area (Å²) < 4.78 is 0. The lowest BCUT2D eigenvalue weighted by Gasteiger charge is -2.42. The molecule has 0 unspecified atom stereocenters. The van der Waals surface area contributed by atoms with E-state index in [9.17, 15) is 14.4 Å². The summed E-state index contributed by atoms with van der Waals surface area (Å²) in [5, 5.41) is 5.84. The van der Waals surface area contributed by atoms with Crippen LogP contribution in [0.1, 0.15) is 64.0 Å². The van der Waals surface area contributed by atoms with E-state index in [1.165, 1.54) is 0 Å². The van der Waals surface area contributed by atoms with Gasteiger partial charge in [-0.1, -0.05) is 75.7 Å². The number of carbonyl (C=O) groups excluding carboxylic acids is 3. The maximum Gasteiger partial charge on any atom is 0.325 e. The molecular weight excluding hydrogens is 426 g/mol. The number of benzene rings is 2. The minimum Gasteiger partial charge on any atom is -0.324 e. The van der Waals surface area contributed by atoms with Gasteiger partial charge < -0.3 is 10.6 Å². The van der Waals surface area contributed by atoms with Crippen LogP contribution in [0.3, 0.4) is 0 Å². The normalized spacial score (nSPS) is 22.7. The van der Waals surface area contributed by atoms with Crippen molar-refractivity contribution in [1.82, 2.24) is 10.2 Å². The zero-order chi connectivity index (χ0) is 24.3. The van der Waals surface area contributed by atoms with E-state index < -0.39 is 11.6 Å². The molecule has 1 aliphatic carbocycles. The Morgan fingerprint density at radius 3 is 2.38 bits per heavy atom. The van der Waals surface area contributed by atoms with Crippen LogP contribution in [0.4, 0.5) is 10.5 Å². The number of nitrogens with one attached hydrogen (secondary N) is 2. The number of hydrogen-bond donors (Lipinski definition) is 2. The van der Waals surface area contributed by atoms with Gasteiger partial charge in [0.2, 0.25) is 5.91 Å². The molecule has 34 heavy (non-hydrogen) atoms. The lowest BCUT2D eigenvalue weighted by molar-refractivity contribution is -0.135. The van der Waals surface area contributed by atoms with Gasteiger partial charge in [-0.2, -0.15) is 0 Å². The number of hydrogen-bond acceptors (Lipinski definition) is 3. The third kappa shape index (κ3) is 4.86. The molecule has 0 atom stereocenters. The van der Waals surface area contributed by atoms with Crippen molar-refractivity contribution in [2.75, 3.05) is 11.9 Å². The highest BCUT2D eigenvalue weighted by Crippen LogP contribution is 2.45. The van der Waals surface area contributed by atoms with Crippen LogP contribution in [0.15, 0.2) is 54.6 Å². The standard InChI is InChI=1S/C28H35N3O3/c1-4-27(2,3)22-14-16-28(17-15-22)25(33)31(26(34)30-28)19-24(32)29-23-13-9-8-12-21(23)18-20-10-6-5-7-11-20/h5-13,22H,4,14-19H2,1-3H3,(H,29,32)(H,30,34). The molecule has 1 spiro atoms. The van der Waals surface area contributed by atoms with Crippen LogP contribution < -0.4 is 10.6 Å². The Morgan fingerprint density at radius 2 is 1.71 bits per heavy atom. The first-order valence-electron chi connectivity index (χ1n) is 12.3. The van der Waals surface area contributed by atoms with Crippen molar-refractivity contribution in [2.45, 2.75) is 64.8 Å². The topological polar surface area (TPSA) is 78.5 Å². The van der Waals surface area contributed by atoms with Gasteiger partial charge in [0.15, 0.2) is 0 Å². The lowest BCUT2D eigenvalue weighted by atomic mass is 9.65. The summed E-state index contributed by atoms with van der Waals surface area (Å²) in [6, 6.07) is 17.2. The Kier molecular flexibility index (Phi) is 6.78. The zero-order valence-corrected chi connectivity index (χ0v) is 20.4. The van der Waals surface area contributed by atoms with Gasteiger partial charge in [0, 0.05) is 5.69 Å². The van der Waals surface area contributed by atoms with Crippen molar-refractivity contribution in [1.29, 1.82) is 0 Å². The molecule has 0 aromatic heterocycles. The molecule has 6 heteroatoms. The van der Waals surface area contributed by atoms with E-state index in [1.807, 2.05) is 54.6 Å². The van der Waals surface area contributed by atoms with Gasteiger partial charge in [-0.05, 0) is 60.6 Å². The van der Waals surface area contributed by atoms with Crippen molar-refractivity contribution in [3.05, 3.63) is 65.7 Å². The van der Waals surface area contributed by atoms with E-state index in [-0.39, 0.29) is 23.8 Å². The van der Waals surface area contributed by atoms with Gasteiger partial charge in [0.1, 0.15) is 12.1 Å². The van der Waals surface area contributed by atoms with Crippen LogP contribution in [-0.2, 0) is 16.0 Å². The SMILES string of the molecule is CCC(C)(C)C1CCC2(CC1)NC(=O)N(CC(=O)Nc1ccccc1Cc1ccccc1)C2=O. The van der Waals surface area contributed by atoms with E-state index in [2.05, 4.69) is 31.4 Å². The fraction of sp³-hybridized carbons (Fsp3) is 0.464. The minimum absolute atomic E-state index is 0.222. The average Bonchev–Trinajstić information content (AvgIpc) is 3.05. The van der Waals surface area contributed by atoms with Gasteiger partial charge in [-0.25, -0.2) is 4.79 Å². The molecule has 180 valence electrons. The number of carbonyl (C=O) groups is 3. The second kappa shape index (κ2) is 9.61. The Hall–Kier alpha value is -3.15. The first-order chi connectivity index (χ1) is 16.2. The van der Waals surface area contributed by atoms with Crippen molar-refractivity contribution < 1.29 is 14.4 Å². The highest BCUT2D eigenvalue weighted by atomic mass is 16.2. The third-order valence-electron chi connectivity index (χ3n) is 7.93. The van der Waals surface area contributed by atoms with Gasteiger partial charge in [0.05, 0.1) is 0 Å². The first kappa shape index (κ1) is 24.0. The van der Waals surface area contributed by atoms with Gasteiger partial charge >= 0.3 is 6.03 Å². The van der Waals surface area contributed by atoms with E-state index >= 15 is 0 Å². The number of rotatable bonds is 7. The maximum atomic E-state index is 13.3. The molecule has 0 radical (unpaired) electrons. The first-order valence-corrected chi connectivity index (χ1v) is 12.3. The molecule has 1 saturated carbocycles. The van der Waals surface area contributed by atoms with Crippen LogP contribution in [0.2, 0.25) is 0 Å².